The molecule has 1 unspecified atom stereocenters. The fraction of sp³-hybridized carbons (Fsp3) is 0.263. The maximum Gasteiger partial charge on any atom is 0.313 e. The topological polar surface area (TPSA) is 95.7 Å². The average Bonchev–Trinajstić information content (AvgIpc) is 2.67. The highest BCUT2D eigenvalue weighted by atomic mass is 16.9. The molecule has 7 heteroatoms. The molecule has 2 aromatic carbocycles. The molecule has 2 rings (SSSR count). The molecule has 0 bridgehead atoms. The van der Waals surface area contributed by atoms with Gasteiger partial charge >= 0.3 is 5.97 Å². The molecular weight excluding hydrogens is 338 g/mol. The first-order valence-corrected chi connectivity index (χ1v) is 8.12. The zero-order chi connectivity index (χ0) is 18.9. The van der Waals surface area contributed by atoms with Gasteiger partial charge in [-0.3, -0.25) is 9.59 Å². The number of nitrogens with zero attached hydrogens (tertiary/aromatic N) is 1. The van der Waals surface area contributed by atoms with Crippen molar-refractivity contribution < 1.29 is 24.3 Å². The summed E-state index contributed by atoms with van der Waals surface area (Å²) in [6.07, 6.45) is 0.240. The van der Waals surface area contributed by atoms with Gasteiger partial charge in [0.1, 0.15) is 0 Å². The van der Waals surface area contributed by atoms with Crippen molar-refractivity contribution in [2.24, 2.45) is 0 Å². The van der Waals surface area contributed by atoms with Crippen molar-refractivity contribution in [1.82, 2.24) is 0 Å². The van der Waals surface area contributed by atoms with E-state index in [-0.39, 0.29) is 25.4 Å². The van der Waals surface area contributed by atoms with Gasteiger partial charge in [-0.25, -0.2) is 0 Å². The van der Waals surface area contributed by atoms with E-state index in [4.69, 9.17) is 4.74 Å². The number of ether oxygens (including phenoxy) is 1. The Morgan fingerprint density at radius 3 is 2.23 bits per heavy atom. The Morgan fingerprint density at radius 2 is 1.62 bits per heavy atom. The molecule has 26 heavy (non-hydrogen) atoms. The smallest absolute Gasteiger partial charge is 0.313 e. The highest BCUT2D eigenvalue weighted by Gasteiger charge is 2.17. The van der Waals surface area contributed by atoms with Crippen LogP contribution in [0.25, 0.3) is 0 Å². The van der Waals surface area contributed by atoms with Crippen molar-refractivity contribution in [2.75, 3.05) is 13.2 Å². The highest BCUT2D eigenvalue weighted by Crippen LogP contribution is 2.19. The summed E-state index contributed by atoms with van der Waals surface area (Å²) in [5.41, 5.74) is 1.86. The third-order valence-corrected chi connectivity index (χ3v) is 3.79. The number of hydrogen-bond acceptors (Lipinski definition) is 6. The fourth-order valence-electron chi connectivity index (χ4n) is 2.31. The van der Waals surface area contributed by atoms with Crippen LogP contribution in [0.2, 0.25) is 0 Å². The molecule has 2 aromatic rings. The minimum Gasteiger partial charge on any atom is -0.465 e. The van der Waals surface area contributed by atoms with Gasteiger partial charge in [-0.15, -0.1) is 10.1 Å². The summed E-state index contributed by atoms with van der Waals surface area (Å²) in [7, 11) is 0. The number of hydrogen-bond donors (Lipinski definition) is 0. The van der Waals surface area contributed by atoms with E-state index >= 15 is 0 Å². The molecule has 1 atom stereocenters. The molecule has 7 nitrogen and oxygen atoms in total. The molecular formula is C19H19NO6. The summed E-state index contributed by atoms with van der Waals surface area (Å²) in [6, 6.07) is 15.7. The van der Waals surface area contributed by atoms with E-state index in [1.54, 1.807) is 55.5 Å². The van der Waals surface area contributed by atoms with Gasteiger partial charge in [0.05, 0.1) is 19.1 Å². The van der Waals surface area contributed by atoms with E-state index in [1.165, 1.54) is 0 Å². The standard InChI is InChI=1S/C19H19NO6/c1-14(19(22)25-12-5-13-26-20(23)24)15-8-10-17(11-9-15)18(21)16-6-3-2-4-7-16/h2-4,6-11,14H,5,12-13H2,1H3. The van der Waals surface area contributed by atoms with E-state index in [0.717, 1.165) is 5.56 Å². The third kappa shape index (κ3) is 5.41. The summed E-state index contributed by atoms with van der Waals surface area (Å²) >= 11 is 0. The number of esters is 1. The Labute approximate surface area is 150 Å². The predicted molar refractivity (Wildman–Crippen MR) is 93.3 cm³/mol. The Hall–Kier alpha value is -3.22. The summed E-state index contributed by atoms with van der Waals surface area (Å²) in [6.45, 7) is 1.62. The normalized spacial score (nSPS) is 11.4. The van der Waals surface area contributed by atoms with Crippen LogP contribution in [-0.2, 0) is 14.4 Å². The molecule has 0 N–H and O–H groups in total. The van der Waals surface area contributed by atoms with E-state index in [2.05, 4.69) is 4.84 Å². The quantitative estimate of drug-likeness (QED) is 0.225. The second-order valence-electron chi connectivity index (χ2n) is 5.62. The molecule has 0 heterocycles. The number of rotatable bonds is 9. The van der Waals surface area contributed by atoms with Crippen LogP contribution in [0.15, 0.2) is 54.6 Å². The first-order valence-electron chi connectivity index (χ1n) is 8.12. The second-order valence-corrected chi connectivity index (χ2v) is 5.62. The van der Waals surface area contributed by atoms with Crippen molar-refractivity contribution in [1.29, 1.82) is 0 Å². The van der Waals surface area contributed by atoms with Crippen LogP contribution in [0.3, 0.4) is 0 Å². The average molecular weight is 357 g/mol. The monoisotopic (exact) mass is 357 g/mol. The van der Waals surface area contributed by atoms with Gasteiger partial charge in [0.2, 0.25) is 0 Å². The number of carbonyl (C=O) groups excluding carboxylic acids is 2. The van der Waals surface area contributed by atoms with E-state index in [9.17, 15) is 19.7 Å². The summed E-state index contributed by atoms with van der Waals surface area (Å²) in [5.74, 6) is -1.03. The summed E-state index contributed by atoms with van der Waals surface area (Å²) in [5, 5.41) is 9.12. The largest absolute Gasteiger partial charge is 0.465 e. The van der Waals surface area contributed by atoms with Gasteiger partial charge < -0.3 is 9.57 Å². The van der Waals surface area contributed by atoms with Crippen molar-refractivity contribution in [3.8, 4) is 0 Å². The zero-order valence-corrected chi connectivity index (χ0v) is 14.3. The van der Waals surface area contributed by atoms with Crippen LogP contribution in [0.5, 0.6) is 0 Å². The molecule has 136 valence electrons. The molecule has 0 aromatic heterocycles. The third-order valence-electron chi connectivity index (χ3n) is 3.79. The van der Waals surface area contributed by atoms with Gasteiger partial charge in [0.25, 0.3) is 5.09 Å². The molecule has 0 aliphatic rings. The number of benzene rings is 2. The second kappa shape index (κ2) is 9.31. The van der Waals surface area contributed by atoms with Crippen LogP contribution < -0.4 is 0 Å². The summed E-state index contributed by atoms with van der Waals surface area (Å²) in [4.78, 5) is 38.5. The van der Waals surface area contributed by atoms with Gasteiger partial charge in [0.15, 0.2) is 5.78 Å². The van der Waals surface area contributed by atoms with Gasteiger partial charge in [-0.2, -0.15) is 0 Å². The molecule has 0 fully saturated rings. The fourth-order valence-corrected chi connectivity index (χ4v) is 2.31. The lowest BCUT2D eigenvalue weighted by molar-refractivity contribution is -0.757. The van der Waals surface area contributed by atoms with E-state index in [0.29, 0.717) is 11.1 Å². The van der Waals surface area contributed by atoms with Crippen molar-refractivity contribution in [2.45, 2.75) is 19.3 Å². The Balaban J connectivity index is 1.89. The van der Waals surface area contributed by atoms with Gasteiger partial charge in [0, 0.05) is 17.5 Å². The first-order chi connectivity index (χ1) is 12.5. The van der Waals surface area contributed by atoms with Crippen molar-refractivity contribution in [3.63, 3.8) is 0 Å². The molecule has 0 aliphatic carbocycles. The lowest BCUT2D eigenvalue weighted by atomic mass is 9.97. The lowest BCUT2D eigenvalue weighted by Gasteiger charge is -2.12. The van der Waals surface area contributed by atoms with Crippen molar-refractivity contribution >= 4 is 11.8 Å². The number of ketones is 1. The first kappa shape index (κ1) is 19.1. The SMILES string of the molecule is CC(C(=O)OCCCO[N+](=O)[O-])c1ccc(C(=O)c2ccccc2)cc1. The van der Waals surface area contributed by atoms with E-state index < -0.39 is 17.0 Å². The predicted octanol–water partition coefficient (Wildman–Crippen LogP) is 3.16. The Morgan fingerprint density at radius 1 is 1.00 bits per heavy atom. The maximum atomic E-state index is 12.4. The maximum absolute atomic E-state index is 12.4. The number of carbonyl (C=O) groups is 2. The van der Waals surface area contributed by atoms with Gasteiger partial charge in [-0.05, 0) is 12.5 Å². The van der Waals surface area contributed by atoms with Crippen LogP contribution in [0.1, 0.15) is 40.7 Å². The Kier molecular flexibility index (Phi) is 6.84. The molecule has 0 saturated carbocycles. The minimum absolute atomic E-state index is 0.0432. The van der Waals surface area contributed by atoms with E-state index in [1.807, 2.05) is 6.07 Å². The van der Waals surface area contributed by atoms with Crippen LogP contribution in [0.4, 0.5) is 0 Å². The molecule has 0 aliphatic heterocycles. The van der Waals surface area contributed by atoms with Crippen molar-refractivity contribution in [3.05, 3.63) is 81.4 Å². The highest BCUT2D eigenvalue weighted by molar-refractivity contribution is 6.08. The summed E-state index contributed by atoms with van der Waals surface area (Å²) < 4.78 is 5.08. The minimum atomic E-state index is -0.886. The lowest BCUT2D eigenvalue weighted by Crippen LogP contribution is -2.15. The molecule has 0 amide bonds. The molecule has 0 saturated heterocycles. The van der Waals surface area contributed by atoms with Crippen LogP contribution in [0, 0.1) is 10.1 Å². The van der Waals surface area contributed by atoms with Gasteiger partial charge in [-0.1, -0.05) is 54.6 Å². The zero-order valence-electron chi connectivity index (χ0n) is 14.3. The Bertz CT molecular complexity index is 757. The van der Waals surface area contributed by atoms with Crippen LogP contribution >= 0.6 is 0 Å². The molecule has 0 spiro atoms. The van der Waals surface area contributed by atoms with Crippen LogP contribution in [-0.4, -0.2) is 30.1 Å². The molecule has 0 radical (unpaired) electrons.